The molecule has 0 bridgehead atoms. The third-order valence-corrected chi connectivity index (χ3v) is 3.53. The van der Waals surface area contributed by atoms with Gasteiger partial charge in [-0.15, -0.1) is 0 Å². The van der Waals surface area contributed by atoms with E-state index in [4.69, 9.17) is 0 Å². The molecule has 1 aromatic heterocycles. The molecule has 0 radical (unpaired) electrons. The van der Waals surface area contributed by atoms with E-state index in [2.05, 4.69) is 15.5 Å². The molecule has 6 nitrogen and oxygen atoms in total. The van der Waals surface area contributed by atoms with Gasteiger partial charge in [-0.2, -0.15) is 5.10 Å². The van der Waals surface area contributed by atoms with Crippen LogP contribution in [-0.4, -0.2) is 39.5 Å². The maximum absolute atomic E-state index is 12.2. The fourth-order valence-corrected chi connectivity index (χ4v) is 2.37. The molecule has 2 amide bonds. The maximum atomic E-state index is 12.2. The number of aryl methyl sites for hydroxylation is 2. The van der Waals surface area contributed by atoms with Gasteiger partial charge in [0.1, 0.15) is 0 Å². The van der Waals surface area contributed by atoms with Crippen LogP contribution in [0.5, 0.6) is 0 Å². The number of carbonyl (C=O) groups excluding carboxylic acids is 2. The molecule has 0 aromatic carbocycles. The molecule has 2 heterocycles. The molecule has 0 saturated carbocycles. The van der Waals surface area contributed by atoms with Crippen LogP contribution in [0.25, 0.3) is 0 Å². The van der Waals surface area contributed by atoms with Gasteiger partial charge in [0.15, 0.2) is 0 Å². The van der Waals surface area contributed by atoms with Crippen molar-refractivity contribution >= 4 is 17.5 Å². The molecule has 1 aromatic rings. The van der Waals surface area contributed by atoms with Crippen molar-refractivity contribution in [2.45, 2.75) is 40.2 Å². The van der Waals surface area contributed by atoms with Gasteiger partial charge in [-0.1, -0.05) is 0 Å². The minimum Gasteiger partial charge on any atom is -0.339 e. The van der Waals surface area contributed by atoms with Gasteiger partial charge in [-0.05, 0) is 27.7 Å². The summed E-state index contributed by atoms with van der Waals surface area (Å²) < 4.78 is 0. The van der Waals surface area contributed by atoms with Gasteiger partial charge >= 0.3 is 0 Å². The number of aromatic amines is 1. The zero-order valence-electron chi connectivity index (χ0n) is 11.8. The topological polar surface area (TPSA) is 78.1 Å². The molecular weight excluding hydrogens is 244 g/mol. The summed E-state index contributed by atoms with van der Waals surface area (Å²) in [6, 6.07) is 0.141. The van der Waals surface area contributed by atoms with Crippen LogP contribution < -0.4 is 5.32 Å². The lowest BCUT2D eigenvalue weighted by Gasteiger charge is -2.20. The van der Waals surface area contributed by atoms with Crippen LogP contribution in [0.2, 0.25) is 0 Å². The molecule has 1 unspecified atom stereocenters. The highest BCUT2D eigenvalue weighted by Crippen LogP contribution is 2.23. The summed E-state index contributed by atoms with van der Waals surface area (Å²) in [5.41, 5.74) is 2.31. The molecule has 104 valence electrons. The van der Waals surface area contributed by atoms with Crippen LogP contribution in [0.1, 0.15) is 31.7 Å². The lowest BCUT2D eigenvalue weighted by molar-refractivity contribution is -0.129. The van der Waals surface area contributed by atoms with E-state index >= 15 is 0 Å². The number of rotatable bonds is 3. The molecule has 6 heteroatoms. The fourth-order valence-electron chi connectivity index (χ4n) is 2.37. The third-order valence-electron chi connectivity index (χ3n) is 3.53. The first-order valence-electron chi connectivity index (χ1n) is 6.52. The Morgan fingerprint density at radius 1 is 1.47 bits per heavy atom. The van der Waals surface area contributed by atoms with Gasteiger partial charge in [0.2, 0.25) is 11.8 Å². The maximum Gasteiger partial charge on any atom is 0.229 e. The molecule has 1 saturated heterocycles. The zero-order chi connectivity index (χ0) is 14.2. The summed E-state index contributed by atoms with van der Waals surface area (Å²) in [6.45, 7) is 8.11. The summed E-state index contributed by atoms with van der Waals surface area (Å²) in [7, 11) is 0. The Morgan fingerprint density at radius 3 is 2.63 bits per heavy atom. The van der Waals surface area contributed by atoms with Crippen LogP contribution in [0.15, 0.2) is 0 Å². The van der Waals surface area contributed by atoms with Crippen LogP contribution in [-0.2, 0) is 9.59 Å². The SMILES string of the molecule is Cc1n[nH]c(C)c1NC(=O)C1CC(=O)N(C(C)C)C1. The summed E-state index contributed by atoms with van der Waals surface area (Å²) in [5.74, 6) is -0.330. The van der Waals surface area contributed by atoms with E-state index < -0.39 is 0 Å². The Labute approximate surface area is 112 Å². The van der Waals surface area contributed by atoms with Gasteiger partial charge in [0.25, 0.3) is 0 Å². The standard InChI is InChI=1S/C13H20N4O2/c1-7(2)17-6-10(5-11(17)18)13(19)14-12-8(3)15-16-9(12)4/h7,10H,5-6H2,1-4H3,(H,14,19)(H,15,16). The number of anilines is 1. The third kappa shape index (κ3) is 2.62. The van der Waals surface area contributed by atoms with E-state index in [9.17, 15) is 9.59 Å². The van der Waals surface area contributed by atoms with Crippen molar-refractivity contribution in [3.8, 4) is 0 Å². The van der Waals surface area contributed by atoms with Gasteiger partial charge in [0.05, 0.1) is 23.0 Å². The normalized spacial score (nSPS) is 19.3. The van der Waals surface area contributed by atoms with Crippen LogP contribution >= 0.6 is 0 Å². The molecule has 1 aliphatic heterocycles. The van der Waals surface area contributed by atoms with Gasteiger partial charge in [0, 0.05) is 19.0 Å². The molecule has 2 rings (SSSR count). The molecule has 1 aliphatic rings. The number of amides is 2. The Hall–Kier alpha value is -1.85. The number of carbonyl (C=O) groups is 2. The zero-order valence-corrected chi connectivity index (χ0v) is 11.8. The summed E-state index contributed by atoms with van der Waals surface area (Å²) in [4.78, 5) is 25.7. The van der Waals surface area contributed by atoms with Crippen LogP contribution in [0.4, 0.5) is 5.69 Å². The van der Waals surface area contributed by atoms with E-state index in [1.807, 2.05) is 27.7 Å². The quantitative estimate of drug-likeness (QED) is 0.861. The van der Waals surface area contributed by atoms with E-state index in [0.717, 1.165) is 17.1 Å². The Kier molecular flexibility index (Phi) is 3.59. The Bertz CT molecular complexity index is 487. The van der Waals surface area contributed by atoms with E-state index in [1.165, 1.54) is 0 Å². The molecule has 0 spiro atoms. The van der Waals surface area contributed by atoms with E-state index in [-0.39, 0.29) is 23.8 Å². The highest BCUT2D eigenvalue weighted by Gasteiger charge is 2.35. The summed E-state index contributed by atoms with van der Waals surface area (Å²) in [5, 5.41) is 9.73. The number of H-pyrrole nitrogens is 1. The Morgan fingerprint density at radius 2 is 2.16 bits per heavy atom. The smallest absolute Gasteiger partial charge is 0.229 e. The average molecular weight is 264 g/mol. The number of hydrogen-bond donors (Lipinski definition) is 2. The van der Waals surface area contributed by atoms with E-state index in [0.29, 0.717) is 13.0 Å². The molecular formula is C13H20N4O2. The minimum absolute atomic E-state index is 0.0517. The van der Waals surface area contributed by atoms with E-state index in [1.54, 1.807) is 4.90 Å². The van der Waals surface area contributed by atoms with Gasteiger partial charge < -0.3 is 10.2 Å². The van der Waals surface area contributed by atoms with Crippen LogP contribution in [0.3, 0.4) is 0 Å². The van der Waals surface area contributed by atoms with Crippen molar-refractivity contribution in [3.05, 3.63) is 11.4 Å². The molecule has 1 fully saturated rings. The van der Waals surface area contributed by atoms with Crippen molar-refractivity contribution in [3.63, 3.8) is 0 Å². The van der Waals surface area contributed by atoms with Crippen molar-refractivity contribution in [2.24, 2.45) is 5.92 Å². The minimum atomic E-state index is -0.274. The second kappa shape index (κ2) is 5.03. The first-order chi connectivity index (χ1) is 8.90. The molecule has 0 aliphatic carbocycles. The lowest BCUT2D eigenvalue weighted by atomic mass is 10.1. The van der Waals surface area contributed by atoms with Crippen molar-refractivity contribution in [1.29, 1.82) is 0 Å². The number of likely N-dealkylation sites (tertiary alicyclic amines) is 1. The largest absolute Gasteiger partial charge is 0.339 e. The highest BCUT2D eigenvalue weighted by atomic mass is 16.2. The van der Waals surface area contributed by atoms with Gasteiger partial charge in [-0.3, -0.25) is 14.7 Å². The molecule has 2 N–H and O–H groups in total. The number of hydrogen-bond acceptors (Lipinski definition) is 3. The first-order valence-corrected chi connectivity index (χ1v) is 6.52. The van der Waals surface area contributed by atoms with Crippen molar-refractivity contribution < 1.29 is 9.59 Å². The van der Waals surface area contributed by atoms with Crippen molar-refractivity contribution in [2.75, 3.05) is 11.9 Å². The number of nitrogens with zero attached hydrogens (tertiary/aromatic N) is 2. The average Bonchev–Trinajstić information content (AvgIpc) is 2.86. The summed E-state index contributed by atoms with van der Waals surface area (Å²) in [6.07, 6.45) is 0.292. The fraction of sp³-hybridized carbons (Fsp3) is 0.615. The number of aromatic nitrogens is 2. The monoisotopic (exact) mass is 264 g/mol. The Balaban J connectivity index is 2.04. The molecule has 19 heavy (non-hydrogen) atoms. The second-order valence-corrected chi connectivity index (χ2v) is 5.34. The predicted octanol–water partition coefficient (Wildman–Crippen LogP) is 1.22. The van der Waals surface area contributed by atoms with Crippen molar-refractivity contribution in [1.82, 2.24) is 15.1 Å². The van der Waals surface area contributed by atoms with Gasteiger partial charge in [-0.25, -0.2) is 0 Å². The highest BCUT2D eigenvalue weighted by molar-refractivity contribution is 5.97. The summed E-state index contributed by atoms with van der Waals surface area (Å²) >= 11 is 0. The van der Waals surface area contributed by atoms with Crippen LogP contribution in [0, 0.1) is 19.8 Å². The lowest BCUT2D eigenvalue weighted by Crippen LogP contribution is -2.33. The first kappa shape index (κ1) is 13.6. The second-order valence-electron chi connectivity index (χ2n) is 5.34. The predicted molar refractivity (Wildman–Crippen MR) is 71.6 cm³/mol. The molecule has 1 atom stereocenters. The number of nitrogens with one attached hydrogen (secondary N) is 2.